The van der Waals surface area contributed by atoms with Gasteiger partial charge in [0.15, 0.2) is 0 Å². The monoisotopic (exact) mass is 560 g/mol. The van der Waals surface area contributed by atoms with Crippen LogP contribution in [0.4, 0.5) is 5.69 Å². The molecule has 1 aliphatic rings. The predicted molar refractivity (Wildman–Crippen MR) is 153 cm³/mol. The number of carbonyl (C=O) groups excluding carboxylic acids is 1. The SMILES string of the molecule is COc1cccc(-c2nn(Cc3cccc(C)c3)cc2C(=O)Nc2ccc(C)c(S(=O)(=O)N3CCOCC3)c2)c1. The van der Waals surface area contributed by atoms with Crippen LogP contribution in [-0.2, 0) is 21.3 Å². The van der Waals surface area contributed by atoms with Crippen LogP contribution in [0, 0.1) is 13.8 Å². The van der Waals surface area contributed by atoms with E-state index in [-0.39, 0.29) is 4.90 Å². The minimum absolute atomic E-state index is 0.162. The lowest BCUT2D eigenvalue weighted by Crippen LogP contribution is -2.40. The van der Waals surface area contributed by atoms with Gasteiger partial charge in [-0.2, -0.15) is 9.40 Å². The van der Waals surface area contributed by atoms with Crippen molar-refractivity contribution in [3.8, 4) is 17.0 Å². The molecule has 0 bridgehead atoms. The van der Waals surface area contributed by atoms with E-state index >= 15 is 0 Å². The number of ether oxygens (including phenoxy) is 2. The number of amides is 1. The Morgan fingerprint density at radius 1 is 1.02 bits per heavy atom. The number of anilines is 1. The second-order valence-electron chi connectivity index (χ2n) is 9.76. The molecule has 1 fully saturated rings. The number of carbonyl (C=O) groups is 1. The van der Waals surface area contributed by atoms with E-state index in [4.69, 9.17) is 14.6 Å². The van der Waals surface area contributed by atoms with Crippen molar-refractivity contribution in [2.45, 2.75) is 25.3 Å². The third-order valence-corrected chi connectivity index (χ3v) is 8.85. The first-order valence-electron chi connectivity index (χ1n) is 13.0. The van der Waals surface area contributed by atoms with Gasteiger partial charge in [-0.1, -0.05) is 48.0 Å². The number of methoxy groups -OCH3 is 1. The van der Waals surface area contributed by atoms with Crippen LogP contribution in [0.2, 0.25) is 0 Å². The van der Waals surface area contributed by atoms with Crippen molar-refractivity contribution >= 4 is 21.6 Å². The van der Waals surface area contributed by atoms with E-state index in [9.17, 15) is 13.2 Å². The van der Waals surface area contributed by atoms with E-state index in [2.05, 4.69) is 11.4 Å². The summed E-state index contributed by atoms with van der Waals surface area (Å²) in [6, 6.07) is 20.4. The van der Waals surface area contributed by atoms with Gasteiger partial charge < -0.3 is 14.8 Å². The quantitative estimate of drug-likeness (QED) is 0.341. The van der Waals surface area contributed by atoms with Crippen molar-refractivity contribution in [3.05, 3.63) is 95.2 Å². The fourth-order valence-corrected chi connectivity index (χ4v) is 6.39. The Balaban J connectivity index is 1.48. The molecular weight excluding hydrogens is 528 g/mol. The minimum Gasteiger partial charge on any atom is -0.497 e. The number of benzene rings is 3. The molecule has 1 amide bonds. The smallest absolute Gasteiger partial charge is 0.259 e. The molecule has 0 aliphatic carbocycles. The van der Waals surface area contributed by atoms with Crippen molar-refractivity contribution in [3.63, 3.8) is 0 Å². The molecule has 0 saturated carbocycles. The maximum absolute atomic E-state index is 13.7. The van der Waals surface area contributed by atoms with Gasteiger partial charge in [0.05, 0.1) is 37.3 Å². The van der Waals surface area contributed by atoms with Crippen molar-refractivity contribution in [1.82, 2.24) is 14.1 Å². The van der Waals surface area contributed by atoms with Crippen LogP contribution in [0.5, 0.6) is 5.75 Å². The Morgan fingerprint density at radius 2 is 1.80 bits per heavy atom. The van der Waals surface area contributed by atoms with Crippen LogP contribution in [0.3, 0.4) is 0 Å². The van der Waals surface area contributed by atoms with Gasteiger partial charge in [0.2, 0.25) is 10.0 Å². The molecule has 3 aromatic carbocycles. The molecule has 1 N–H and O–H groups in total. The normalized spacial score (nSPS) is 14.2. The molecule has 1 saturated heterocycles. The summed E-state index contributed by atoms with van der Waals surface area (Å²) in [5.74, 6) is 0.250. The second-order valence-corrected chi connectivity index (χ2v) is 11.7. The van der Waals surface area contributed by atoms with Gasteiger partial charge >= 0.3 is 0 Å². The third kappa shape index (κ3) is 5.94. The zero-order chi connectivity index (χ0) is 28.3. The zero-order valence-corrected chi connectivity index (χ0v) is 23.6. The first-order chi connectivity index (χ1) is 19.2. The highest BCUT2D eigenvalue weighted by molar-refractivity contribution is 7.89. The van der Waals surface area contributed by atoms with E-state index in [0.29, 0.717) is 61.1 Å². The van der Waals surface area contributed by atoms with E-state index in [0.717, 1.165) is 16.7 Å². The first-order valence-corrected chi connectivity index (χ1v) is 14.5. The van der Waals surface area contributed by atoms with E-state index in [1.54, 1.807) is 37.0 Å². The molecule has 1 aromatic heterocycles. The highest BCUT2D eigenvalue weighted by atomic mass is 32.2. The van der Waals surface area contributed by atoms with Crippen molar-refractivity contribution in [2.75, 3.05) is 38.7 Å². The molecule has 10 heteroatoms. The van der Waals surface area contributed by atoms with Gasteiger partial charge in [-0.15, -0.1) is 0 Å². The Labute approximate surface area is 234 Å². The number of hydrogen-bond donors (Lipinski definition) is 1. The fraction of sp³-hybridized carbons (Fsp3) is 0.267. The largest absolute Gasteiger partial charge is 0.497 e. The van der Waals surface area contributed by atoms with Gasteiger partial charge in [0.25, 0.3) is 5.91 Å². The molecule has 4 aromatic rings. The number of hydrogen-bond acceptors (Lipinski definition) is 6. The van der Waals surface area contributed by atoms with Gasteiger partial charge in [0.1, 0.15) is 11.4 Å². The van der Waals surface area contributed by atoms with Gasteiger partial charge in [0, 0.05) is 30.5 Å². The summed E-state index contributed by atoms with van der Waals surface area (Å²) >= 11 is 0. The summed E-state index contributed by atoms with van der Waals surface area (Å²) in [5.41, 5.74) is 4.77. The molecule has 0 atom stereocenters. The molecule has 2 heterocycles. The number of rotatable bonds is 8. The van der Waals surface area contributed by atoms with Crippen molar-refractivity contribution in [2.24, 2.45) is 0 Å². The Morgan fingerprint density at radius 3 is 2.55 bits per heavy atom. The molecule has 0 spiro atoms. The minimum atomic E-state index is -3.74. The number of aryl methyl sites for hydroxylation is 2. The zero-order valence-electron chi connectivity index (χ0n) is 22.8. The molecule has 0 unspecified atom stereocenters. The highest BCUT2D eigenvalue weighted by Crippen LogP contribution is 2.28. The number of aromatic nitrogens is 2. The second kappa shape index (κ2) is 11.6. The maximum Gasteiger partial charge on any atom is 0.259 e. The third-order valence-electron chi connectivity index (χ3n) is 6.81. The van der Waals surface area contributed by atoms with Crippen LogP contribution < -0.4 is 10.1 Å². The van der Waals surface area contributed by atoms with E-state index in [1.165, 1.54) is 10.4 Å². The molecule has 208 valence electrons. The lowest BCUT2D eigenvalue weighted by Gasteiger charge is -2.26. The van der Waals surface area contributed by atoms with Crippen LogP contribution in [0.1, 0.15) is 27.0 Å². The lowest BCUT2D eigenvalue weighted by molar-refractivity contribution is 0.0730. The summed E-state index contributed by atoms with van der Waals surface area (Å²) in [5, 5.41) is 7.66. The first kappa shape index (κ1) is 27.6. The number of nitrogens with zero attached hydrogens (tertiary/aromatic N) is 3. The molecule has 9 nitrogen and oxygen atoms in total. The topological polar surface area (TPSA) is 103 Å². The van der Waals surface area contributed by atoms with Crippen LogP contribution in [0.15, 0.2) is 77.8 Å². The Kier molecular flexibility index (Phi) is 8.02. The van der Waals surface area contributed by atoms with Crippen molar-refractivity contribution in [1.29, 1.82) is 0 Å². The lowest BCUT2D eigenvalue weighted by atomic mass is 10.1. The summed E-state index contributed by atoms with van der Waals surface area (Å²) in [6.07, 6.45) is 1.71. The summed E-state index contributed by atoms with van der Waals surface area (Å²) in [6.45, 7) is 5.56. The summed E-state index contributed by atoms with van der Waals surface area (Å²) < 4.78 is 40.6. The number of nitrogens with one attached hydrogen (secondary N) is 1. The molecule has 5 rings (SSSR count). The highest BCUT2D eigenvalue weighted by Gasteiger charge is 2.28. The molecular formula is C30H32N4O5S. The predicted octanol–water partition coefficient (Wildman–Crippen LogP) is 4.50. The van der Waals surface area contributed by atoms with Crippen LogP contribution in [0.25, 0.3) is 11.3 Å². The van der Waals surface area contributed by atoms with E-state index in [1.807, 2.05) is 49.4 Å². The Bertz CT molecular complexity index is 1640. The number of sulfonamides is 1. The maximum atomic E-state index is 13.7. The molecule has 1 aliphatic heterocycles. The van der Waals surface area contributed by atoms with Crippen molar-refractivity contribution < 1.29 is 22.7 Å². The standard InChI is InChI=1S/C30H32N4O5S/c1-21-6-4-7-23(16-21)19-33-20-27(29(32-33)24-8-5-9-26(17-24)38-3)30(35)31-25-11-10-22(2)28(18-25)40(36,37)34-12-14-39-15-13-34/h4-11,16-18,20H,12-15,19H2,1-3H3,(H,31,35). The van der Waals surface area contributed by atoms with Gasteiger partial charge in [-0.3, -0.25) is 9.48 Å². The van der Waals surface area contributed by atoms with Gasteiger partial charge in [-0.25, -0.2) is 8.42 Å². The number of morpholine rings is 1. The van der Waals surface area contributed by atoms with Crippen LogP contribution >= 0.6 is 0 Å². The average molecular weight is 561 g/mol. The molecule has 0 radical (unpaired) electrons. The molecule has 40 heavy (non-hydrogen) atoms. The summed E-state index contributed by atoms with van der Waals surface area (Å²) in [7, 11) is -2.15. The summed E-state index contributed by atoms with van der Waals surface area (Å²) in [4.78, 5) is 13.8. The fourth-order valence-electron chi connectivity index (χ4n) is 4.73. The van der Waals surface area contributed by atoms with Gasteiger partial charge in [-0.05, 0) is 49.2 Å². The van der Waals surface area contributed by atoms with Crippen LogP contribution in [-0.4, -0.2) is 61.8 Å². The van der Waals surface area contributed by atoms with E-state index < -0.39 is 15.9 Å². The average Bonchev–Trinajstić information content (AvgIpc) is 3.38. The Hall–Kier alpha value is -3.99.